The van der Waals surface area contributed by atoms with Crippen molar-refractivity contribution in [1.29, 1.82) is 0 Å². The minimum absolute atomic E-state index is 0.0101. The number of rotatable bonds is 7. The molecule has 1 rings (SSSR count). The third-order valence-electron chi connectivity index (χ3n) is 2.58. The standard InChI is InChI=1S/C12H20N2OS2/c1-3-4-5-9(8-13)14-12(15)11-10(16-2)6-7-17-11/h6-7,9H,3-5,8,13H2,1-2H3,(H,14,15). The van der Waals surface area contributed by atoms with E-state index in [1.807, 2.05) is 17.7 Å². The Hall–Kier alpha value is -0.520. The van der Waals surface area contributed by atoms with E-state index in [0.29, 0.717) is 6.54 Å². The van der Waals surface area contributed by atoms with Gasteiger partial charge in [0.25, 0.3) is 5.91 Å². The number of carbonyl (C=O) groups excluding carboxylic acids is 1. The highest BCUT2D eigenvalue weighted by Gasteiger charge is 2.16. The van der Waals surface area contributed by atoms with Crippen molar-refractivity contribution in [2.24, 2.45) is 5.73 Å². The third kappa shape index (κ3) is 4.33. The van der Waals surface area contributed by atoms with Gasteiger partial charge in [0.1, 0.15) is 4.88 Å². The van der Waals surface area contributed by atoms with E-state index in [4.69, 9.17) is 5.73 Å². The van der Waals surface area contributed by atoms with Gasteiger partial charge in [0.15, 0.2) is 0 Å². The van der Waals surface area contributed by atoms with Crippen LogP contribution in [-0.4, -0.2) is 24.7 Å². The SMILES string of the molecule is CCCCC(CN)NC(=O)c1sccc1SC. The topological polar surface area (TPSA) is 55.1 Å². The molecule has 0 radical (unpaired) electrons. The maximum absolute atomic E-state index is 12.0. The van der Waals surface area contributed by atoms with Crippen molar-refractivity contribution in [3.8, 4) is 0 Å². The summed E-state index contributed by atoms with van der Waals surface area (Å²) in [5, 5.41) is 4.96. The highest BCUT2D eigenvalue weighted by atomic mass is 32.2. The van der Waals surface area contributed by atoms with E-state index >= 15 is 0 Å². The normalized spacial score (nSPS) is 12.4. The number of unbranched alkanes of at least 4 members (excludes halogenated alkanes) is 1. The zero-order chi connectivity index (χ0) is 12.7. The molecular weight excluding hydrogens is 252 g/mol. The highest BCUT2D eigenvalue weighted by molar-refractivity contribution is 7.98. The maximum Gasteiger partial charge on any atom is 0.262 e. The van der Waals surface area contributed by atoms with Crippen molar-refractivity contribution in [2.75, 3.05) is 12.8 Å². The summed E-state index contributed by atoms with van der Waals surface area (Å²) < 4.78 is 0. The first-order valence-electron chi connectivity index (χ1n) is 5.85. The lowest BCUT2D eigenvalue weighted by molar-refractivity contribution is 0.0937. The minimum atomic E-state index is 0.0101. The Morgan fingerprint density at radius 1 is 1.65 bits per heavy atom. The molecule has 0 bridgehead atoms. The van der Waals surface area contributed by atoms with Gasteiger partial charge in [-0.3, -0.25) is 4.79 Å². The molecule has 1 aromatic rings. The molecule has 5 heteroatoms. The molecule has 0 aromatic carbocycles. The van der Waals surface area contributed by atoms with E-state index in [0.717, 1.165) is 29.0 Å². The van der Waals surface area contributed by atoms with Gasteiger partial charge in [0.05, 0.1) is 0 Å². The highest BCUT2D eigenvalue weighted by Crippen LogP contribution is 2.25. The largest absolute Gasteiger partial charge is 0.347 e. The fraction of sp³-hybridized carbons (Fsp3) is 0.583. The van der Waals surface area contributed by atoms with Gasteiger partial charge in [-0.2, -0.15) is 0 Å². The van der Waals surface area contributed by atoms with Crippen LogP contribution < -0.4 is 11.1 Å². The molecule has 1 unspecified atom stereocenters. The van der Waals surface area contributed by atoms with Crippen LogP contribution in [0.2, 0.25) is 0 Å². The summed E-state index contributed by atoms with van der Waals surface area (Å²) in [5.41, 5.74) is 5.67. The summed E-state index contributed by atoms with van der Waals surface area (Å²) >= 11 is 3.09. The van der Waals surface area contributed by atoms with Crippen LogP contribution in [0.1, 0.15) is 35.9 Å². The number of carbonyl (C=O) groups is 1. The van der Waals surface area contributed by atoms with E-state index in [9.17, 15) is 4.79 Å². The Balaban J connectivity index is 2.58. The number of hydrogen-bond acceptors (Lipinski definition) is 4. The average Bonchev–Trinajstić information content (AvgIpc) is 2.82. The molecule has 0 saturated heterocycles. The van der Waals surface area contributed by atoms with Crippen LogP contribution in [-0.2, 0) is 0 Å². The molecule has 0 spiro atoms. The van der Waals surface area contributed by atoms with Crippen molar-refractivity contribution in [2.45, 2.75) is 37.1 Å². The fourth-order valence-electron chi connectivity index (χ4n) is 1.57. The summed E-state index contributed by atoms with van der Waals surface area (Å²) in [6.45, 7) is 2.65. The van der Waals surface area contributed by atoms with E-state index in [1.165, 1.54) is 11.3 Å². The number of nitrogens with one attached hydrogen (secondary N) is 1. The molecule has 17 heavy (non-hydrogen) atoms. The molecule has 0 aliphatic heterocycles. The molecule has 0 fully saturated rings. The van der Waals surface area contributed by atoms with E-state index < -0.39 is 0 Å². The molecule has 3 nitrogen and oxygen atoms in total. The van der Waals surface area contributed by atoms with E-state index in [-0.39, 0.29) is 11.9 Å². The molecule has 96 valence electrons. The number of hydrogen-bond donors (Lipinski definition) is 2. The van der Waals surface area contributed by atoms with Crippen molar-refractivity contribution in [3.63, 3.8) is 0 Å². The smallest absolute Gasteiger partial charge is 0.262 e. The fourth-order valence-corrected chi connectivity index (χ4v) is 3.23. The quantitative estimate of drug-likeness (QED) is 0.750. The predicted octanol–water partition coefficient (Wildman–Crippen LogP) is 2.72. The zero-order valence-electron chi connectivity index (χ0n) is 10.4. The van der Waals surface area contributed by atoms with Gasteiger partial charge in [0.2, 0.25) is 0 Å². The number of thioether (sulfide) groups is 1. The van der Waals surface area contributed by atoms with Crippen molar-refractivity contribution < 1.29 is 4.79 Å². The summed E-state index contributed by atoms with van der Waals surface area (Å²) in [4.78, 5) is 13.9. The van der Waals surface area contributed by atoms with Gasteiger partial charge < -0.3 is 11.1 Å². The van der Waals surface area contributed by atoms with Gasteiger partial charge in [-0.15, -0.1) is 23.1 Å². The first kappa shape index (κ1) is 14.5. The maximum atomic E-state index is 12.0. The molecule has 1 aromatic heterocycles. The Bertz CT molecular complexity index is 352. The first-order chi connectivity index (χ1) is 8.22. The molecule has 0 aliphatic carbocycles. The van der Waals surface area contributed by atoms with Crippen molar-refractivity contribution >= 4 is 29.0 Å². The minimum Gasteiger partial charge on any atom is -0.347 e. The molecule has 0 saturated carbocycles. The Morgan fingerprint density at radius 2 is 2.41 bits per heavy atom. The molecule has 1 atom stereocenters. The average molecular weight is 272 g/mol. The molecule has 0 aliphatic rings. The Morgan fingerprint density at radius 3 is 3.00 bits per heavy atom. The zero-order valence-corrected chi connectivity index (χ0v) is 12.0. The van der Waals surface area contributed by atoms with Crippen molar-refractivity contribution in [1.82, 2.24) is 5.32 Å². The van der Waals surface area contributed by atoms with Gasteiger partial charge in [-0.25, -0.2) is 0 Å². The van der Waals surface area contributed by atoms with Crippen LogP contribution in [0.4, 0.5) is 0 Å². The second-order valence-electron chi connectivity index (χ2n) is 3.87. The summed E-state index contributed by atoms with van der Waals surface area (Å²) in [6, 6.07) is 2.08. The summed E-state index contributed by atoms with van der Waals surface area (Å²) in [5.74, 6) is 0.0101. The van der Waals surface area contributed by atoms with E-state index in [1.54, 1.807) is 11.8 Å². The van der Waals surface area contributed by atoms with Gasteiger partial charge >= 0.3 is 0 Å². The molecule has 1 amide bonds. The molecule has 1 heterocycles. The predicted molar refractivity (Wildman–Crippen MR) is 75.9 cm³/mol. The number of thiophene rings is 1. The number of amides is 1. The summed E-state index contributed by atoms with van der Waals surface area (Å²) in [7, 11) is 0. The van der Waals surface area contributed by atoms with E-state index in [2.05, 4.69) is 12.2 Å². The van der Waals surface area contributed by atoms with Crippen LogP contribution >= 0.6 is 23.1 Å². The number of nitrogens with two attached hydrogens (primary N) is 1. The van der Waals surface area contributed by atoms with Crippen LogP contribution in [0.25, 0.3) is 0 Å². The molecule has 3 N–H and O–H groups in total. The Kier molecular flexibility index (Phi) is 6.62. The summed E-state index contributed by atoms with van der Waals surface area (Å²) in [6.07, 6.45) is 5.17. The van der Waals surface area contributed by atoms with Gasteiger partial charge in [-0.1, -0.05) is 19.8 Å². The van der Waals surface area contributed by atoms with Crippen LogP contribution in [0.3, 0.4) is 0 Å². The van der Waals surface area contributed by atoms with Gasteiger partial charge in [-0.05, 0) is 24.1 Å². The van der Waals surface area contributed by atoms with Crippen LogP contribution in [0.5, 0.6) is 0 Å². The molecular formula is C12H20N2OS2. The second kappa shape index (κ2) is 7.74. The van der Waals surface area contributed by atoms with Crippen LogP contribution in [0, 0.1) is 0 Å². The Labute approximate surface area is 111 Å². The third-order valence-corrected chi connectivity index (χ3v) is 4.40. The monoisotopic (exact) mass is 272 g/mol. The van der Waals surface area contributed by atoms with Crippen LogP contribution in [0.15, 0.2) is 16.3 Å². The lowest BCUT2D eigenvalue weighted by atomic mass is 10.1. The second-order valence-corrected chi connectivity index (χ2v) is 5.63. The first-order valence-corrected chi connectivity index (χ1v) is 7.95. The van der Waals surface area contributed by atoms with Gasteiger partial charge in [0, 0.05) is 17.5 Å². The van der Waals surface area contributed by atoms with Crippen molar-refractivity contribution in [3.05, 3.63) is 16.3 Å². The lowest BCUT2D eigenvalue weighted by Gasteiger charge is -2.16. The lowest BCUT2D eigenvalue weighted by Crippen LogP contribution is -2.40.